The Morgan fingerprint density at radius 3 is 1.70 bits per heavy atom. The first-order valence-electron chi connectivity index (χ1n) is 24.6. The minimum Gasteiger partial charge on any atom is -0.462 e. The molecular formula is C53H83O15P. The van der Waals surface area contributed by atoms with Gasteiger partial charge in [-0.2, -0.15) is 0 Å². The average molecular weight is 991 g/mol. The molecule has 0 aliphatic heterocycles. The Balaban J connectivity index is 2.58. The summed E-state index contributed by atoms with van der Waals surface area (Å²) >= 11 is 0. The number of esters is 2. The van der Waals surface area contributed by atoms with Gasteiger partial charge in [-0.3, -0.25) is 18.6 Å². The summed E-state index contributed by atoms with van der Waals surface area (Å²) in [5.41, 5.74) is 0. The molecule has 69 heavy (non-hydrogen) atoms. The monoisotopic (exact) mass is 991 g/mol. The maximum Gasteiger partial charge on any atom is 0.472 e. The van der Waals surface area contributed by atoms with Crippen LogP contribution >= 0.6 is 7.82 Å². The van der Waals surface area contributed by atoms with Gasteiger partial charge in [0.15, 0.2) is 6.10 Å². The summed E-state index contributed by atoms with van der Waals surface area (Å²) in [4.78, 5) is 35.8. The fourth-order valence-electron chi connectivity index (χ4n) is 6.48. The molecule has 0 bridgehead atoms. The molecule has 0 heterocycles. The number of rotatable bonds is 38. The van der Waals surface area contributed by atoms with Crippen molar-refractivity contribution in [2.24, 2.45) is 0 Å². The van der Waals surface area contributed by atoms with E-state index in [0.717, 1.165) is 51.4 Å². The lowest BCUT2D eigenvalue weighted by Crippen LogP contribution is -2.64. The van der Waals surface area contributed by atoms with E-state index < -0.39 is 87.9 Å². The molecule has 1 aliphatic rings. The van der Waals surface area contributed by atoms with Gasteiger partial charge in [0.2, 0.25) is 0 Å². The Hall–Kier alpha value is -3.83. The summed E-state index contributed by atoms with van der Waals surface area (Å²) in [7, 11) is -5.20. The topological polar surface area (TPSA) is 250 Å². The van der Waals surface area contributed by atoms with Gasteiger partial charge in [-0.1, -0.05) is 155 Å². The maximum absolute atomic E-state index is 12.8. The van der Waals surface area contributed by atoms with E-state index in [0.29, 0.717) is 32.1 Å². The largest absolute Gasteiger partial charge is 0.472 e. The van der Waals surface area contributed by atoms with Gasteiger partial charge < -0.3 is 50.1 Å². The van der Waals surface area contributed by atoms with E-state index in [2.05, 4.69) is 55.5 Å². The van der Waals surface area contributed by atoms with Crippen LogP contribution in [0.15, 0.2) is 122 Å². The van der Waals surface area contributed by atoms with Gasteiger partial charge >= 0.3 is 19.8 Å². The van der Waals surface area contributed by atoms with Gasteiger partial charge in [0, 0.05) is 12.8 Å². The zero-order valence-electron chi connectivity index (χ0n) is 40.8. The Morgan fingerprint density at radius 1 is 0.551 bits per heavy atom. The Bertz CT molecular complexity index is 1700. The number of allylic oxidation sites excluding steroid dienone is 16. The summed E-state index contributed by atoms with van der Waals surface area (Å²) in [6.07, 6.45) is 37.3. The summed E-state index contributed by atoms with van der Waals surface area (Å²) in [6.45, 7) is 2.89. The minimum atomic E-state index is -5.20. The van der Waals surface area contributed by atoms with Crippen LogP contribution in [0.3, 0.4) is 0 Å². The third kappa shape index (κ3) is 33.4. The fraction of sp³-hybridized carbons (Fsp3) is 0.585. The summed E-state index contributed by atoms with van der Waals surface area (Å²) in [5, 5.41) is 70.3. The highest BCUT2D eigenvalue weighted by molar-refractivity contribution is 7.47. The zero-order valence-corrected chi connectivity index (χ0v) is 41.7. The normalized spacial score (nSPS) is 22.9. The molecule has 0 saturated heterocycles. The number of carbonyl (C=O) groups is 2. The lowest BCUT2D eigenvalue weighted by Gasteiger charge is -2.41. The maximum atomic E-state index is 12.8. The first kappa shape index (κ1) is 63.2. The highest BCUT2D eigenvalue weighted by atomic mass is 31.2. The molecule has 0 spiro atoms. The molecule has 390 valence electrons. The van der Waals surface area contributed by atoms with Crippen LogP contribution in [0.4, 0.5) is 0 Å². The van der Waals surface area contributed by atoms with E-state index in [1.807, 2.05) is 37.3 Å². The SMILES string of the molecule is CC/C=C\C[C@H](O)/C=C/C=C\C/C=C\C=C\[C@H](O)/C=C\CCCC(=O)O[C@H](COC(=O)CCCCC/C=C\C/C=C\C/C=C\C/C=C\CCCCC)COP(=O)(O)OC1[C@H](O)[C@H](O)C(O)[C@H](O)[C@H]1O. The van der Waals surface area contributed by atoms with Crippen molar-refractivity contribution in [2.45, 2.75) is 184 Å². The molecule has 0 amide bonds. The lowest BCUT2D eigenvalue weighted by molar-refractivity contribution is -0.220. The third-order valence-corrected chi connectivity index (χ3v) is 11.4. The fourth-order valence-corrected chi connectivity index (χ4v) is 7.45. The molecule has 1 saturated carbocycles. The van der Waals surface area contributed by atoms with Crippen LogP contribution in [0, 0.1) is 0 Å². The van der Waals surface area contributed by atoms with Gasteiger partial charge in [0.25, 0.3) is 0 Å². The number of phosphoric ester groups is 1. The van der Waals surface area contributed by atoms with Gasteiger partial charge in [0.1, 0.15) is 43.2 Å². The van der Waals surface area contributed by atoms with Crippen LogP contribution in [-0.4, -0.2) is 121 Å². The predicted molar refractivity (Wildman–Crippen MR) is 269 cm³/mol. The molecule has 16 heteroatoms. The number of hydrogen-bond acceptors (Lipinski definition) is 14. The average Bonchev–Trinajstić information content (AvgIpc) is 3.32. The van der Waals surface area contributed by atoms with Crippen LogP contribution in [0.5, 0.6) is 0 Å². The summed E-state index contributed by atoms with van der Waals surface area (Å²) < 4.78 is 33.4. The molecule has 1 fully saturated rings. The smallest absolute Gasteiger partial charge is 0.462 e. The standard InChI is InChI=1S/C53H83O15P/c1-3-5-7-8-9-10-11-12-13-14-15-16-17-18-19-20-24-27-33-39-46(56)65-41-45(42-66-69(63,64)68-53-51(61)49(59)48(58)50(60)52(53)62)67-47(57)40-34-28-32-38-44(55)37-31-26-23-21-22-25-30-36-43(54)35-29-6-4-2/h6,9-10,12-13,15-16,18-19,22-23,25-26,29-32,36-38,43-45,48-55,58-62H,3-5,7-8,11,14,17,20-21,24,27-28,33-35,39-42H2,1-2H3,(H,63,64)/b10-9-,13-12-,16-15-,19-18-,25-22-,26-23-,29-6-,36-30+,37-31+,38-32-/t43-,44-,45+,48?,49-,50+,51+,52+,53?/m0/s1. The predicted octanol–water partition coefficient (Wildman–Crippen LogP) is 8.11. The number of aliphatic hydroxyl groups is 7. The summed E-state index contributed by atoms with van der Waals surface area (Å²) in [6, 6.07) is 0. The molecule has 0 aromatic heterocycles. The molecular weight excluding hydrogens is 908 g/mol. The molecule has 1 rings (SSSR count). The second-order valence-corrected chi connectivity index (χ2v) is 18.0. The van der Waals surface area contributed by atoms with E-state index in [9.17, 15) is 54.8 Å². The first-order valence-corrected chi connectivity index (χ1v) is 26.1. The van der Waals surface area contributed by atoms with Crippen LogP contribution < -0.4 is 0 Å². The van der Waals surface area contributed by atoms with Crippen molar-refractivity contribution in [3.8, 4) is 0 Å². The molecule has 10 atom stereocenters. The Labute approximate surface area is 410 Å². The van der Waals surface area contributed by atoms with Crippen molar-refractivity contribution in [1.29, 1.82) is 0 Å². The van der Waals surface area contributed by atoms with E-state index >= 15 is 0 Å². The Kier molecular flexibility index (Phi) is 37.4. The second kappa shape index (κ2) is 40.9. The van der Waals surface area contributed by atoms with Gasteiger partial charge in [0.05, 0.1) is 18.8 Å². The number of unbranched alkanes of at least 4 members (excludes halogenated alkanes) is 7. The van der Waals surface area contributed by atoms with E-state index in [1.54, 1.807) is 42.5 Å². The number of aliphatic hydroxyl groups excluding tert-OH is 7. The molecule has 0 aromatic rings. The third-order valence-electron chi connectivity index (χ3n) is 10.5. The van der Waals surface area contributed by atoms with Crippen molar-refractivity contribution >= 4 is 19.8 Å². The highest BCUT2D eigenvalue weighted by Gasteiger charge is 2.51. The molecule has 0 radical (unpaired) electrons. The van der Waals surface area contributed by atoms with Gasteiger partial charge in [-0.05, 0) is 83.5 Å². The van der Waals surface area contributed by atoms with Crippen LogP contribution in [-0.2, 0) is 32.7 Å². The Morgan fingerprint density at radius 2 is 1.09 bits per heavy atom. The number of phosphoric acid groups is 1. The van der Waals surface area contributed by atoms with Gasteiger partial charge in [-0.25, -0.2) is 4.57 Å². The highest BCUT2D eigenvalue weighted by Crippen LogP contribution is 2.47. The van der Waals surface area contributed by atoms with Crippen molar-refractivity contribution in [3.63, 3.8) is 0 Å². The first-order chi connectivity index (χ1) is 33.2. The second-order valence-electron chi connectivity index (χ2n) is 16.6. The van der Waals surface area contributed by atoms with E-state index in [1.165, 1.54) is 19.3 Å². The summed E-state index contributed by atoms with van der Waals surface area (Å²) in [5.74, 6) is -1.33. The molecule has 1 aliphatic carbocycles. The lowest BCUT2D eigenvalue weighted by atomic mass is 9.85. The number of carbonyl (C=O) groups excluding carboxylic acids is 2. The molecule has 0 aromatic carbocycles. The van der Waals surface area contributed by atoms with E-state index in [4.69, 9.17) is 18.5 Å². The van der Waals surface area contributed by atoms with Gasteiger partial charge in [-0.15, -0.1) is 0 Å². The van der Waals surface area contributed by atoms with Crippen molar-refractivity contribution in [3.05, 3.63) is 122 Å². The molecule has 8 N–H and O–H groups in total. The van der Waals surface area contributed by atoms with Crippen LogP contribution in [0.25, 0.3) is 0 Å². The molecule has 15 nitrogen and oxygen atoms in total. The van der Waals surface area contributed by atoms with Crippen molar-refractivity contribution in [1.82, 2.24) is 0 Å². The number of hydrogen-bond donors (Lipinski definition) is 8. The number of ether oxygens (including phenoxy) is 2. The zero-order chi connectivity index (χ0) is 51.0. The molecule has 3 unspecified atom stereocenters. The van der Waals surface area contributed by atoms with Crippen LogP contribution in [0.2, 0.25) is 0 Å². The van der Waals surface area contributed by atoms with Crippen LogP contribution in [0.1, 0.15) is 129 Å². The van der Waals surface area contributed by atoms with E-state index in [-0.39, 0.29) is 12.8 Å². The quantitative estimate of drug-likeness (QED) is 0.00957. The van der Waals surface area contributed by atoms with Crippen molar-refractivity contribution < 1.29 is 73.3 Å². The minimum absolute atomic E-state index is 0.0782. The van der Waals surface area contributed by atoms with Crippen molar-refractivity contribution in [2.75, 3.05) is 13.2 Å².